The highest BCUT2D eigenvalue weighted by molar-refractivity contribution is 6.91. The summed E-state index contributed by atoms with van der Waals surface area (Å²) < 4.78 is 11.8. The van der Waals surface area contributed by atoms with Gasteiger partial charge < -0.3 is 8.85 Å². The Hall–Kier alpha value is 0.354. The maximum atomic E-state index is 5.92. The first kappa shape index (κ1) is 14.4. The van der Waals surface area contributed by atoms with Gasteiger partial charge in [0.25, 0.3) is 0 Å². The standard InChI is InChI=1S/C10H26O2Si2/c1-8-11-13(4,5)10(3)14(6,7)12-9-2/h10H,8-9H2,1-7H3. The molecule has 0 saturated carbocycles. The highest BCUT2D eigenvalue weighted by atomic mass is 28.4. The molecule has 0 aliphatic rings. The minimum absolute atomic E-state index is 0.634. The Morgan fingerprint density at radius 3 is 1.36 bits per heavy atom. The first-order valence-corrected chi connectivity index (χ1v) is 11.5. The zero-order valence-electron chi connectivity index (χ0n) is 10.8. The summed E-state index contributed by atoms with van der Waals surface area (Å²) in [5.41, 5.74) is 0. The third-order valence-electron chi connectivity index (χ3n) is 3.12. The van der Waals surface area contributed by atoms with Crippen molar-refractivity contribution < 1.29 is 8.85 Å². The van der Waals surface area contributed by atoms with E-state index in [1.807, 2.05) is 0 Å². The van der Waals surface area contributed by atoms with E-state index >= 15 is 0 Å². The van der Waals surface area contributed by atoms with Gasteiger partial charge in [-0.1, -0.05) is 6.92 Å². The van der Waals surface area contributed by atoms with E-state index in [1.165, 1.54) is 0 Å². The van der Waals surface area contributed by atoms with Gasteiger partial charge in [0.05, 0.1) is 0 Å². The molecule has 0 amide bonds. The quantitative estimate of drug-likeness (QED) is 0.656. The second-order valence-corrected chi connectivity index (χ2v) is 14.1. The molecule has 14 heavy (non-hydrogen) atoms. The van der Waals surface area contributed by atoms with Crippen LogP contribution in [0.5, 0.6) is 0 Å². The third-order valence-corrected chi connectivity index (χ3v) is 13.5. The molecule has 86 valence electrons. The van der Waals surface area contributed by atoms with Gasteiger partial charge in [0, 0.05) is 13.2 Å². The lowest BCUT2D eigenvalue weighted by Crippen LogP contribution is -2.50. The fourth-order valence-electron chi connectivity index (χ4n) is 1.83. The highest BCUT2D eigenvalue weighted by Crippen LogP contribution is 2.32. The molecule has 0 radical (unpaired) electrons. The first-order valence-electron chi connectivity index (χ1n) is 5.55. The van der Waals surface area contributed by atoms with E-state index < -0.39 is 16.6 Å². The normalized spacial score (nSPS) is 13.7. The molecule has 2 nitrogen and oxygen atoms in total. The fourth-order valence-corrected chi connectivity index (χ4v) is 11.0. The molecule has 0 aromatic heterocycles. The summed E-state index contributed by atoms with van der Waals surface area (Å²) in [7, 11) is -3.09. The summed E-state index contributed by atoms with van der Waals surface area (Å²) >= 11 is 0. The molecule has 0 rings (SSSR count). The molecular weight excluding hydrogens is 208 g/mol. The van der Waals surface area contributed by atoms with Crippen molar-refractivity contribution in [1.29, 1.82) is 0 Å². The Bertz CT molecular complexity index is 152. The molecule has 0 aliphatic carbocycles. The maximum absolute atomic E-state index is 5.92. The fraction of sp³-hybridized carbons (Fsp3) is 1.00. The van der Waals surface area contributed by atoms with E-state index in [1.54, 1.807) is 0 Å². The van der Waals surface area contributed by atoms with Crippen molar-refractivity contribution in [2.75, 3.05) is 13.2 Å². The second kappa shape index (κ2) is 5.44. The third kappa shape index (κ3) is 3.84. The SMILES string of the molecule is CCO[Si](C)(C)C(C)[Si](C)(C)OCC. The van der Waals surface area contributed by atoms with Gasteiger partial charge in [0.15, 0.2) is 16.6 Å². The van der Waals surface area contributed by atoms with Gasteiger partial charge >= 0.3 is 0 Å². The molecule has 0 heterocycles. The van der Waals surface area contributed by atoms with E-state index in [2.05, 4.69) is 47.0 Å². The molecule has 0 fully saturated rings. The number of hydrogen-bond donors (Lipinski definition) is 0. The van der Waals surface area contributed by atoms with Gasteiger partial charge in [0.2, 0.25) is 0 Å². The first-order chi connectivity index (χ1) is 6.28. The van der Waals surface area contributed by atoms with Crippen LogP contribution < -0.4 is 0 Å². The molecule has 0 bridgehead atoms. The molecule has 0 aliphatic heterocycles. The van der Waals surface area contributed by atoms with Crippen LogP contribution in [0.25, 0.3) is 0 Å². The minimum atomic E-state index is -1.54. The van der Waals surface area contributed by atoms with Crippen LogP contribution in [-0.2, 0) is 8.85 Å². The molecule has 0 aromatic carbocycles. The molecule has 0 atom stereocenters. The Morgan fingerprint density at radius 1 is 0.857 bits per heavy atom. The summed E-state index contributed by atoms with van der Waals surface area (Å²) in [6.45, 7) is 17.3. The predicted molar refractivity (Wildman–Crippen MR) is 67.6 cm³/mol. The van der Waals surface area contributed by atoms with Gasteiger partial charge in [-0.25, -0.2) is 0 Å². The van der Waals surface area contributed by atoms with Crippen LogP contribution in [0.3, 0.4) is 0 Å². The van der Waals surface area contributed by atoms with Crippen LogP contribution in [0.15, 0.2) is 0 Å². The van der Waals surface area contributed by atoms with E-state index in [9.17, 15) is 0 Å². The topological polar surface area (TPSA) is 18.5 Å². The van der Waals surface area contributed by atoms with E-state index in [-0.39, 0.29) is 0 Å². The molecule has 4 heteroatoms. The van der Waals surface area contributed by atoms with E-state index in [0.717, 1.165) is 13.2 Å². The lowest BCUT2D eigenvalue weighted by molar-refractivity contribution is 0.305. The zero-order valence-corrected chi connectivity index (χ0v) is 12.8. The molecule has 0 spiro atoms. The van der Waals surface area contributed by atoms with Crippen molar-refractivity contribution in [2.45, 2.75) is 52.1 Å². The van der Waals surface area contributed by atoms with E-state index in [4.69, 9.17) is 8.85 Å². The molecule has 0 aromatic rings. The van der Waals surface area contributed by atoms with Gasteiger partial charge in [0.1, 0.15) is 0 Å². The summed E-state index contributed by atoms with van der Waals surface area (Å²) in [5.74, 6) is 0. The number of hydrogen-bond acceptors (Lipinski definition) is 2. The Labute approximate surface area is 91.3 Å². The summed E-state index contributed by atoms with van der Waals surface area (Å²) in [4.78, 5) is 0. The predicted octanol–water partition coefficient (Wildman–Crippen LogP) is 3.40. The summed E-state index contributed by atoms with van der Waals surface area (Å²) in [6.07, 6.45) is 0. The zero-order chi connectivity index (χ0) is 11.4. The molecular formula is C10H26O2Si2. The van der Waals surface area contributed by atoms with Crippen molar-refractivity contribution in [1.82, 2.24) is 0 Å². The number of rotatable bonds is 6. The Morgan fingerprint density at radius 2 is 1.14 bits per heavy atom. The van der Waals surface area contributed by atoms with Crippen LogP contribution in [-0.4, -0.2) is 29.8 Å². The van der Waals surface area contributed by atoms with Crippen molar-refractivity contribution in [3.8, 4) is 0 Å². The van der Waals surface area contributed by atoms with Gasteiger partial charge in [-0.15, -0.1) is 0 Å². The van der Waals surface area contributed by atoms with Crippen LogP contribution in [0.2, 0.25) is 31.4 Å². The molecule has 0 unspecified atom stereocenters. The van der Waals surface area contributed by atoms with Crippen LogP contribution in [0.4, 0.5) is 0 Å². The monoisotopic (exact) mass is 234 g/mol. The largest absolute Gasteiger partial charge is 0.418 e. The summed E-state index contributed by atoms with van der Waals surface area (Å²) in [5, 5.41) is 0.634. The Kier molecular flexibility index (Phi) is 5.58. The van der Waals surface area contributed by atoms with Crippen LogP contribution in [0.1, 0.15) is 20.8 Å². The lowest BCUT2D eigenvalue weighted by atomic mass is 10.9. The van der Waals surface area contributed by atoms with Crippen molar-refractivity contribution in [3.63, 3.8) is 0 Å². The maximum Gasteiger partial charge on any atom is 0.189 e. The van der Waals surface area contributed by atoms with E-state index in [0.29, 0.717) is 5.16 Å². The lowest BCUT2D eigenvalue weighted by Gasteiger charge is -2.38. The molecule has 0 saturated heterocycles. The average Bonchev–Trinajstić information content (AvgIpc) is 2.02. The molecule has 0 N–H and O–H groups in total. The van der Waals surface area contributed by atoms with Crippen LogP contribution >= 0.6 is 0 Å². The van der Waals surface area contributed by atoms with Gasteiger partial charge in [-0.2, -0.15) is 0 Å². The second-order valence-electron chi connectivity index (χ2n) is 4.79. The van der Waals surface area contributed by atoms with Crippen LogP contribution in [0, 0.1) is 0 Å². The smallest absolute Gasteiger partial charge is 0.189 e. The van der Waals surface area contributed by atoms with Crippen molar-refractivity contribution >= 4 is 16.6 Å². The van der Waals surface area contributed by atoms with Crippen molar-refractivity contribution in [3.05, 3.63) is 0 Å². The highest BCUT2D eigenvalue weighted by Gasteiger charge is 2.42. The average molecular weight is 234 g/mol. The van der Waals surface area contributed by atoms with Gasteiger partial charge in [-0.05, 0) is 45.2 Å². The summed E-state index contributed by atoms with van der Waals surface area (Å²) in [6, 6.07) is 0. The van der Waals surface area contributed by atoms with Crippen molar-refractivity contribution in [2.24, 2.45) is 0 Å². The Balaban J connectivity index is 4.49. The minimum Gasteiger partial charge on any atom is -0.418 e. The van der Waals surface area contributed by atoms with Gasteiger partial charge in [-0.3, -0.25) is 0 Å².